The largest absolute Gasteiger partial charge is 0.368 e. The summed E-state index contributed by atoms with van der Waals surface area (Å²) in [5, 5.41) is 0. The molecule has 0 aliphatic carbocycles. The van der Waals surface area contributed by atoms with E-state index in [1.54, 1.807) is 18.6 Å². The molecular formula is C23H26N4O. The molecule has 0 aliphatic rings. The molecule has 28 heavy (non-hydrogen) atoms. The molecule has 1 amide bonds. The summed E-state index contributed by atoms with van der Waals surface area (Å²) in [4.78, 5) is 22.9. The first-order chi connectivity index (χ1) is 13.5. The summed E-state index contributed by atoms with van der Waals surface area (Å²) >= 11 is 0. The smallest absolute Gasteiger partial charge is 0.239 e. The van der Waals surface area contributed by atoms with Crippen LogP contribution < -0.4 is 5.73 Å². The Hall–Kier alpha value is -3.05. The first kappa shape index (κ1) is 19.7. The molecule has 1 unspecified atom stereocenters. The van der Waals surface area contributed by atoms with Crippen molar-refractivity contribution in [2.45, 2.75) is 38.9 Å². The third kappa shape index (κ3) is 5.02. The van der Waals surface area contributed by atoms with Gasteiger partial charge in [0.25, 0.3) is 0 Å². The number of benzene rings is 1. The number of nitrogens with zero attached hydrogens (tertiary/aromatic N) is 3. The van der Waals surface area contributed by atoms with Crippen LogP contribution >= 0.6 is 0 Å². The molecule has 2 heterocycles. The van der Waals surface area contributed by atoms with Gasteiger partial charge in [-0.15, -0.1) is 0 Å². The SMILES string of the molecule is CC(C)c1ccc(C(C(N)=O)N(Cc2ccncc2)Cc2cccnc2)cc1. The van der Waals surface area contributed by atoms with Gasteiger partial charge in [-0.3, -0.25) is 19.7 Å². The van der Waals surface area contributed by atoms with E-state index in [4.69, 9.17) is 5.73 Å². The van der Waals surface area contributed by atoms with Crippen molar-refractivity contribution in [2.75, 3.05) is 0 Å². The lowest BCUT2D eigenvalue weighted by Gasteiger charge is -2.30. The van der Waals surface area contributed by atoms with Crippen molar-refractivity contribution in [1.29, 1.82) is 0 Å². The number of primary amides is 1. The van der Waals surface area contributed by atoms with E-state index in [1.807, 2.05) is 42.6 Å². The molecule has 1 atom stereocenters. The second-order valence-electron chi connectivity index (χ2n) is 7.25. The van der Waals surface area contributed by atoms with E-state index in [9.17, 15) is 4.79 Å². The topological polar surface area (TPSA) is 72.1 Å². The second-order valence-corrected chi connectivity index (χ2v) is 7.25. The number of aromatic nitrogens is 2. The lowest BCUT2D eigenvalue weighted by Crippen LogP contribution is -2.37. The maximum absolute atomic E-state index is 12.5. The zero-order valence-corrected chi connectivity index (χ0v) is 16.3. The van der Waals surface area contributed by atoms with Crippen LogP contribution in [0, 0.1) is 0 Å². The van der Waals surface area contributed by atoms with E-state index in [2.05, 4.69) is 40.8 Å². The number of amides is 1. The Labute approximate surface area is 166 Å². The molecule has 0 saturated carbocycles. The number of carbonyl (C=O) groups excluding carboxylic acids is 1. The first-order valence-electron chi connectivity index (χ1n) is 9.45. The summed E-state index contributed by atoms with van der Waals surface area (Å²) in [7, 11) is 0. The maximum Gasteiger partial charge on any atom is 0.239 e. The van der Waals surface area contributed by atoms with Crippen molar-refractivity contribution in [1.82, 2.24) is 14.9 Å². The van der Waals surface area contributed by atoms with Gasteiger partial charge in [0.15, 0.2) is 0 Å². The second kappa shape index (κ2) is 9.24. The monoisotopic (exact) mass is 374 g/mol. The van der Waals surface area contributed by atoms with Crippen molar-refractivity contribution in [3.05, 3.63) is 95.6 Å². The van der Waals surface area contributed by atoms with Crippen molar-refractivity contribution < 1.29 is 4.79 Å². The maximum atomic E-state index is 12.5. The van der Waals surface area contributed by atoms with Gasteiger partial charge in [-0.1, -0.05) is 44.2 Å². The number of rotatable bonds is 8. The average molecular weight is 374 g/mol. The minimum atomic E-state index is -0.533. The number of hydrogen-bond acceptors (Lipinski definition) is 4. The predicted octanol–water partition coefficient (Wildman–Crippen LogP) is 3.83. The van der Waals surface area contributed by atoms with Gasteiger partial charge in [0.1, 0.15) is 6.04 Å². The van der Waals surface area contributed by atoms with Crippen molar-refractivity contribution in [3.63, 3.8) is 0 Å². The molecule has 2 aromatic heterocycles. The molecule has 3 aromatic rings. The van der Waals surface area contributed by atoms with E-state index in [-0.39, 0.29) is 5.91 Å². The molecular weight excluding hydrogens is 348 g/mol. The molecule has 3 rings (SSSR count). The van der Waals surface area contributed by atoms with Crippen LogP contribution in [-0.4, -0.2) is 20.8 Å². The summed E-state index contributed by atoms with van der Waals surface area (Å²) < 4.78 is 0. The van der Waals surface area contributed by atoms with E-state index >= 15 is 0 Å². The van der Waals surface area contributed by atoms with E-state index in [0.717, 1.165) is 16.7 Å². The molecule has 0 saturated heterocycles. The third-order valence-electron chi connectivity index (χ3n) is 4.80. The Morgan fingerprint density at radius 1 is 0.893 bits per heavy atom. The quantitative estimate of drug-likeness (QED) is 0.650. The van der Waals surface area contributed by atoms with Crippen LogP contribution in [0.4, 0.5) is 0 Å². The highest BCUT2D eigenvalue weighted by atomic mass is 16.1. The molecule has 0 bridgehead atoms. The molecule has 0 spiro atoms. The Kier molecular flexibility index (Phi) is 6.50. The van der Waals surface area contributed by atoms with E-state index < -0.39 is 6.04 Å². The minimum absolute atomic E-state index is 0.366. The van der Waals surface area contributed by atoms with Gasteiger partial charge in [0.05, 0.1) is 0 Å². The summed E-state index contributed by atoms with van der Waals surface area (Å²) in [5.74, 6) is 0.0691. The zero-order valence-electron chi connectivity index (χ0n) is 16.3. The van der Waals surface area contributed by atoms with E-state index in [0.29, 0.717) is 19.0 Å². The Balaban J connectivity index is 1.95. The normalized spacial score (nSPS) is 12.3. The van der Waals surface area contributed by atoms with Gasteiger partial charge in [-0.2, -0.15) is 0 Å². The fraction of sp³-hybridized carbons (Fsp3) is 0.261. The first-order valence-corrected chi connectivity index (χ1v) is 9.45. The Bertz CT molecular complexity index is 838. The minimum Gasteiger partial charge on any atom is -0.368 e. The van der Waals surface area contributed by atoms with Crippen molar-refractivity contribution in [2.24, 2.45) is 5.73 Å². The summed E-state index contributed by atoms with van der Waals surface area (Å²) in [6.07, 6.45) is 7.08. The molecule has 0 fully saturated rings. The van der Waals surface area contributed by atoms with Gasteiger partial charge < -0.3 is 5.73 Å². The van der Waals surface area contributed by atoms with Crippen LogP contribution in [0.15, 0.2) is 73.3 Å². The number of hydrogen-bond donors (Lipinski definition) is 1. The molecule has 144 valence electrons. The van der Waals surface area contributed by atoms with Crippen LogP contribution in [0.5, 0.6) is 0 Å². The number of carbonyl (C=O) groups is 1. The fourth-order valence-electron chi connectivity index (χ4n) is 3.31. The Morgan fingerprint density at radius 3 is 2.11 bits per heavy atom. The number of pyridine rings is 2. The van der Waals surface area contributed by atoms with Gasteiger partial charge in [-0.05, 0) is 46.4 Å². The third-order valence-corrected chi connectivity index (χ3v) is 4.80. The van der Waals surface area contributed by atoms with Crippen LogP contribution in [0.3, 0.4) is 0 Å². The molecule has 1 aromatic carbocycles. The van der Waals surface area contributed by atoms with Gasteiger partial charge in [0, 0.05) is 37.9 Å². The molecule has 0 radical (unpaired) electrons. The van der Waals surface area contributed by atoms with Gasteiger partial charge in [0.2, 0.25) is 5.91 Å². The van der Waals surface area contributed by atoms with Crippen LogP contribution in [0.2, 0.25) is 0 Å². The molecule has 5 heteroatoms. The number of nitrogens with two attached hydrogens (primary N) is 1. The highest BCUT2D eigenvalue weighted by Gasteiger charge is 2.26. The standard InChI is InChI=1S/C23H26N4O/c1-17(2)20-5-7-21(8-6-20)22(23(24)28)27(15-18-9-12-25-13-10-18)16-19-4-3-11-26-14-19/h3-14,17,22H,15-16H2,1-2H3,(H2,24,28). The zero-order chi connectivity index (χ0) is 19.9. The van der Waals surface area contributed by atoms with Gasteiger partial charge in [-0.25, -0.2) is 0 Å². The van der Waals surface area contributed by atoms with Crippen molar-refractivity contribution >= 4 is 5.91 Å². The lowest BCUT2D eigenvalue weighted by molar-refractivity contribution is -0.124. The molecule has 2 N–H and O–H groups in total. The van der Waals surface area contributed by atoms with Gasteiger partial charge >= 0.3 is 0 Å². The molecule has 0 aliphatic heterocycles. The van der Waals surface area contributed by atoms with Crippen molar-refractivity contribution in [3.8, 4) is 0 Å². The van der Waals surface area contributed by atoms with Crippen LogP contribution in [0.1, 0.15) is 48.1 Å². The highest BCUT2D eigenvalue weighted by Crippen LogP contribution is 2.26. The predicted molar refractivity (Wildman–Crippen MR) is 110 cm³/mol. The summed E-state index contributed by atoms with van der Waals surface area (Å²) in [5.41, 5.74) is 10.1. The van der Waals surface area contributed by atoms with E-state index in [1.165, 1.54) is 5.56 Å². The lowest BCUT2D eigenvalue weighted by atomic mass is 9.97. The van der Waals surface area contributed by atoms with Crippen LogP contribution in [0.25, 0.3) is 0 Å². The van der Waals surface area contributed by atoms with Crippen LogP contribution in [-0.2, 0) is 17.9 Å². The summed E-state index contributed by atoms with van der Waals surface area (Å²) in [6, 6.07) is 15.4. The highest BCUT2D eigenvalue weighted by molar-refractivity contribution is 5.81. The Morgan fingerprint density at radius 2 is 1.54 bits per heavy atom. The fourth-order valence-corrected chi connectivity index (χ4v) is 3.31. The molecule has 5 nitrogen and oxygen atoms in total. The summed E-state index contributed by atoms with van der Waals surface area (Å²) in [6.45, 7) is 5.45. The average Bonchev–Trinajstić information content (AvgIpc) is 2.70.